The standard InChI is InChI=1S/C49H46N4O.Pt/c1-30-21-33(4)44(34(5)22-30)53-45(51-48(8)29-35-15-10-11-16-40(35)49(48,53)9)36-23-31(2)25-38(27-36)54-39-26-32(3)24-37(28-39)52-43-19-13-12-17-41(43)47(6,7)42-18-14-20-50-46(42)52;/h10-26H,29H2,1-9H3;/q-2;+2/t48-,49+;/m1./s1. The predicted molar refractivity (Wildman–Crippen MR) is 220 cm³/mol. The van der Waals surface area contributed by atoms with Crippen LogP contribution in [0.3, 0.4) is 0 Å². The second-order valence-electron chi connectivity index (χ2n) is 16.5. The summed E-state index contributed by atoms with van der Waals surface area (Å²) in [6.45, 7) is 20.1. The van der Waals surface area contributed by atoms with Gasteiger partial charge in [-0.2, -0.15) is 5.56 Å². The van der Waals surface area contributed by atoms with Crippen molar-refractivity contribution in [2.75, 3.05) is 9.80 Å². The maximum Gasteiger partial charge on any atom is 2.00 e. The van der Waals surface area contributed by atoms with E-state index in [9.17, 15) is 0 Å². The number of hydrogen-bond donors (Lipinski definition) is 0. The van der Waals surface area contributed by atoms with Gasteiger partial charge in [0.25, 0.3) is 0 Å². The number of ether oxygens (including phenoxy) is 1. The number of aliphatic imine (C=N–C) groups is 1. The van der Waals surface area contributed by atoms with Crippen LogP contribution in [-0.4, -0.2) is 16.4 Å². The van der Waals surface area contributed by atoms with E-state index in [0.29, 0.717) is 11.5 Å². The number of amidine groups is 1. The van der Waals surface area contributed by atoms with Crippen LogP contribution in [-0.2, 0) is 38.4 Å². The summed E-state index contributed by atoms with van der Waals surface area (Å²) in [5, 5.41) is 0. The molecule has 5 aromatic carbocycles. The SMILES string of the molecule is Cc1cc(Oc2[c-]c(N3c4ccccc4C(C)(C)c4cccnc43)cc(C)c2)[c-]c(C2=N[C@]3(C)Cc4ccccc4[C@]3(C)N2c2c(C)cc(C)cc2C)c1.[Pt+2]. The summed E-state index contributed by atoms with van der Waals surface area (Å²) in [5.74, 6) is 3.08. The van der Waals surface area contributed by atoms with Gasteiger partial charge >= 0.3 is 21.1 Å². The monoisotopic (exact) mass is 901 g/mol. The van der Waals surface area contributed by atoms with Crippen LogP contribution in [0.5, 0.6) is 11.5 Å². The van der Waals surface area contributed by atoms with Crippen molar-refractivity contribution in [1.82, 2.24) is 4.98 Å². The van der Waals surface area contributed by atoms with Crippen LogP contribution in [0.15, 0.2) is 108 Å². The van der Waals surface area contributed by atoms with Crippen molar-refractivity contribution >= 4 is 28.7 Å². The first-order valence-corrected chi connectivity index (χ1v) is 19.0. The molecule has 0 N–H and O–H groups in total. The zero-order valence-electron chi connectivity index (χ0n) is 33.0. The molecule has 2 aliphatic heterocycles. The summed E-state index contributed by atoms with van der Waals surface area (Å²) >= 11 is 0. The van der Waals surface area contributed by atoms with E-state index in [1.807, 2.05) is 18.3 Å². The topological polar surface area (TPSA) is 41.0 Å². The van der Waals surface area contributed by atoms with E-state index in [1.165, 1.54) is 44.6 Å². The molecule has 1 aromatic heterocycles. The zero-order chi connectivity index (χ0) is 37.7. The van der Waals surface area contributed by atoms with Gasteiger partial charge in [-0.25, -0.2) is 4.98 Å². The normalized spacial score (nSPS) is 20.2. The Morgan fingerprint density at radius 1 is 0.673 bits per heavy atom. The van der Waals surface area contributed by atoms with E-state index in [4.69, 9.17) is 14.7 Å². The van der Waals surface area contributed by atoms with E-state index >= 15 is 0 Å². The van der Waals surface area contributed by atoms with Crippen molar-refractivity contribution in [3.05, 3.63) is 171 Å². The Bertz CT molecular complexity index is 2480. The van der Waals surface area contributed by atoms with E-state index < -0.39 is 5.54 Å². The van der Waals surface area contributed by atoms with Gasteiger partial charge in [-0.05, 0) is 81.0 Å². The maximum atomic E-state index is 6.76. The molecule has 0 saturated heterocycles. The third-order valence-electron chi connectivity index (χ3n) is 12.2. The molecule has 0 saturated carbocycles. The Morgan fingerprint density at radius 2 is 1.29 bits per heavy atom. The molecule has 9 rings (SSSR count). The number of para-hydroxylation sites is 1. The van der Waals surface area contributed by atoms with Crippen LogP contribution < -0.4 is 14.5 Å². The number of aromatic nitrogens is 1. The van der Waals surface area contributed by atoms with E-state index in [1.54, 1.807) is 0 Å². The number of hydrogen-bond acceptors (Lipinski definition) is 5. The van der Waals surface area contributed by atoms with Crippen LogP contribution in [0, 0.1) is 46.8 Å². The van der Waals surface area contributed by atoms with Gasteiger partial charge in [0.2, 0.25) is 0 Å². The largest absolute Gasteiger partial charge is 2.00 e. The Hall–Kier alpha value is -4.99. The zero-order valence-corrected chi connectivity index (χ0v) is 35.3. The quantitative estimate of drug-likeness (QED) is 0.162. The van der Waals surface area contributed by atoms with Crippen LogP contribution in [0.1, 0.15) is 83.3 Å². The summed E-state index contributed by atoms with van der Waals surface area (Å²) in [7, 11) is 0. The molecule has 0 radical (unpaired) electrons. The molecule has 0 fully saturated rings. The molecule has 3 heterocycles. The average molecular weight is 902 g/mol. The van der Waals surface area contributed by atoms with Gasteiger partial charge in [0.15, 0.2) is 0 Å². The molecule has 0 bridgehead atoms. The summed E-state index contributed by atoms with van der Waals surface area (Å²) in [4.78, 5) is 15.3. The molecule has 3 aliphatic rings. The predicted octanol–water partition coefficient (Wildman–Crippen LogP) is 11.6. The second kappa shape index (κ2) is 13.1. The number of rotatable bonds is 5. The average Bonchev–Trinajstić information content (AvgIpc) is 3.48. The molecule has 6 heteroatoms. The van der Waals surface area contributed by atoms with Gasteiger partial charge in [0.1, 0.15) is 5.82 Å². The first kappa shape index (κ1) is 37.0. The number of benzene rings is 5. The molecule has 6 aromatic rings. The fourth-order valence-electron chi connectivity index (χ4n) is 9.60. The fraction of sp³-hybridized carbons (Fsp3) is 0.265. The van der Waals surface area contributed by atoms with Gasteiger partial charge in [-0.1, -0.05) is 112 Å². The van der Waals surface area contributed by atoms with Crippen molar-refractivity contribution < 1.29 is 25.8 Å². The summed E-state index contributed by atoms with van der Waals surface area (Å²) in [6, 6.07) is 42.0. The molecule has 0 spiro atoms. The number of aryl methyl sites for hydroxylation is 5. The Labute approximate surface area is 340 Å². The van der Waals surface area contributed by atoms with Crippen LogP contribution in [0.2, 0.25) is 0 Å². The second-order valence-corrected chi connectivity index (χ2v) is 16.5. The summed E-state index contributed by atoms with van der Waals surface area (Å²) in [5.41, 5.74) is 14.1. The van der Waals surface area contributed by atoms with Gasteiger partial charge in [-0.15, -0.1) is 35.4 Å². The molecule has 2 atom stereocenters. The molecule has 1 aliphatic carbocycles. The third kappa shape index (κ3) is 5.60. The first-order chi connectivity index (χ1) is 25.8. The Kier molecular flexibility index (Phi) is 8.77. The summed E-state index contributed by atoms with van der Waals surface area (Å²) < 4.78 is 6.76. The van der Waals surface area contributed by atoms with Crippen molar-refractivity contribution in [2.45, 2.75) is 85.2 Å². The van der Waals surface area contributed by atoms with Crippen molar-refractivity contribution in [1.29, 1.82) is 0 Å². The van der Waals surface area contributed by atoms with Crippen LogP contribution in [0.25, 0.3) is 0 Å². The van der Waals surface area contributed by atoms with Gasteiger partial charge in [0, 0.05) is 40.0 Å². The summed E-state index contributed by atoms with van der Waals surface area (Å²) in [6.07, 6.45) is 2.74. The van der Waals surface area contributed by atoms with Crippen LogP contribution >= 0.6 is 0 Å². The third-order valence-corrected chi connectivity index (χ3v) is 12.2. The van der Waals surface area contributed by atoms with Gasteiger partial charge in [-0.3, -0.25) is 0 Å². The molecule has 55 heavy (non-hydrogen) atoms. The van der Waals surface area contributed by atoms with Crippen molar-refractivity contribution in [3.63, 3.8) is 0 Å². The Balaban J connectivity index is 0.00000427. The Morgan fingerprint density at radius 3 is 2.04 bits per heavy atom. The first-order valence-electron chi connectivity index (χ1n) is 19.0. The van der Waals surface area contributed by atoms with Crippen LogP contribution in [0.4, 0.5) is 22.9 Å². The van der Waals surface area contributed by atoms with Crippen molar-refractivity contribution in [2.24, 2.45) is 4.99 Å². The van der Waals surface area contributed by atoms with Gasteiger partial charge < -0.3 is 19.5 Å². The smallest absolute Gasteiger partial charge is 0.503 e. The van der Waals surface area contributed by atoms with E-state index in [0.717, 1.165) is 46.1 Å². The fourth-order valence-corrected chi connectivity index (χ4v) is 9.60. The molecular weight excluding hydrogens is 856 g/mol. The van der Waals surface area contributed by atoms with Crippen molar-refractivity contribution in [3.8, 4) is 11.5 Å². The molecular formula is C49H46N4OPt. The molecule has 5 nitrogen and oxygen atoms in total. The number of fused-ring (bicyclic) bond motifs is 5. The molecule has 0 unspecified atom stereocenters. The number of nitrogens with zero attached hydrogens (tertiary/aromatic N) is 4. The molecule has 0 amide bonds. The minimum Gasteiger partial charge on any atom is -0.503 e. The molecule has 278 valence electrons. The van der Waals surface area contributed by atoms with Gasteiger partial charge in [0.05, 0.1) is 16.9 Å². The number of anilines is 4. The van der Waals surface area contributed by atoms with E-state index in [-0.39, 0.29) is 32.0 Å². The minimum atomic E-state index is -0.398. The maximum absolute atomic E-state index is 6.76. The number of pyridine rings is 1. The minimum absolute atomic E-state index is 0. The van der Waals surface area contributed by atoms with E-state index in [2.05, 4.69) is 169 Å².